The van der Waals surface area contributed by atoms with Crippen LogP contribution in [-0.4, -0.2) is 13.7 Å². The van der Waals surface area contributed by atoms with Crippen LogP contribution < -0.4 is 10.1 Å². The maximum absolute atomic E-state index is 7.75. The fourth-order valence-corrected chi connectivity index (χ4v) is 1.38. The molecule has 0 atom stereocenters. The smallest absolute Gasteiger partial charge is 0.119 e. The zero-order valence-electron chi connectivity index (χ0n) is 9.05. The SMILES string of the molecule is [2H]C1([2H])NCCc2cc(OC)ccc21. The molecule has 1 aromatic carbocycles. The summed E-state index contributed by atoms with van der Waals surface area (Å²) in [6, 6.07) is 5.50. The molecule has 0 saturated carbocycles. The van der Waals surface area contributed by atoms with Crippen LogP contribution in [0, 0.1) is 0 Å². The molecular formula is C10H13NO. The molecule has 0 aromatic heterocycles. The molecule has 0 spiro atoms. The van der Waals surface area contributed by atoms with Crippen molar-refractivity contribution >= 4 is 0 Å². The van der Waals surface area contributed by atoms with E-state index in [0.29, 0.717) is 6.54 Å². The van der Waals surface area contributed by atoms with Crippen molar-refractivity contribution in [2.75, 3.05) is 13.7 Å². The monoisotopic (exact) mass is 165 g/mol. The molecule has 0 aliphatic carbocycles. The third-order valence-electron chi connectivity index (χ3n) is 2.05. The molecule has 2 nitrogen and oxygen atoms in total. The zero-order chi connectivity index (χ0) is 10.2. The van der Waals surface area contributed by atoms with Crippen molar-refractivity contribution in [1.82, 2.24) is 5.32 Å². The first-order chi connectivity index (χ1) is 6.63. The van der Waals surface area contributed by atoms with Gasteiger partial charge in [0.1, 0.15) is 5.75 Å². The lowest BCUT2D eigenvalue weighted by Gasteiger charge is -2.17. The highest BCUT2D eigenvalue weighted by molar-refractivity contribution is 5.36. The van der Waals surface area contributed by atoms with E-state index in [0.717, 1.165) is 23.3 Å². The Bertz CT molecular complexity index is 352. The van der Waals surface area contributed by atoms with Gasteiger partial charge in [-0.2, -0.15) is 0 Å². The van der Waals surface area contributed by atoms with Gasteiger partial charge < -0.3 is 10.1 Å². The van der Waals surface area contributed by atoms with Crippen LogP contribution in [0.15, 0.2) is 18.2 Å². The summed E-state index contributed by atoms with van der Waals surface area (Å²) in [7, 11) is 1.62. The summed E-state index contributed by atoms with van der Waals surface area (Å²) >= 11 is 0. The predicted molar refractivity (Wildman–Crippen MR) is 48.4 cm³/mol. The summed E-state index contributed by atoms with van der Waals surface area (Å²) in [5.74, 6) is 0.793. The van der Waals surface area contributed by atoms with Gasteiger partial charge in [-0.25, -0.2) is 0 Å². The number of benzene rings is 1. The van der Waals surface area contributed by atoms with E-state index in [9.17, 15) is 0 Å². The summed E-state index contributed by atoms with van der Waals surface area (Å²) in [6.07, 6.45) is 0.853. The maximum Gasteiger partial charge on any atom is 0.119 e. The second kappa shape index (κ2) is 3.15. The fraction of sp³-hybridized carbons (Fsp3) is 0.400. The van der Waals surface area contributed by atoms with Crippen LogP contribution in [0.3, 0.4) is 0 Å². The van der Waals surface area contributed by atoms with E-state index in [1.54, 1.807) is 19.2 Å². The third-order valence-corrected chi connectivity index (χ3v) is 2.05. The molecule has 1 aromatic rings. The Kier molecular flexibility index (Phi) is 1.47. The van der Waals surface area contributed by atoms with Crippen LogP contribution in [-0.2, 0) is 12.9 Å². The molecule has 0 saturated heterocycles. The molecule has 1 aliphatic heterocycles. The molecule has 12 heavy (non-hydrogen) atoms. The molecule has 1 aliphatic rings. The molecule has 1 N–H and O–H groups in total. The van der Waals surface area contributed by atoms with Crippen LogP contribution in [0.4, 0.5) is 0 Å². The van der Waals surface area contributed by atoms with Crippen molar-refractivity contribution in [2.24, 2.45) is 0 Å². The number of nitrogens with one attached hydrogen (secondary N) is 1. The quantitative estimate of drug-likeness (QED) is 0.678. The Morgan fingerprint density at radius 2 is 2.42 bits per heavy atom. The van der Waals surface area contributed by atoms with Crippen molar-refractivity contribution in [3.8, 4) is 5.75 Å². The number of ether oxygens (including phenoxy) is 1. The predicted octanol–water partition coefficient (Wildman–Crippen LogP) is 1.34. The molecule has 1 heterocycles. The van der Waals surface area contributed by atoms with E-state index >= 15 is 0 Å². The van der Waals surface area contributed by atoms with Gasteiger partial charge in [0.15, 0.2) is 0 Å². The van der Waals surface area contributed by atoms with E-state index in [1.807, 2.05) is 6.07 Å². The molecule has 64 valence electrons. The molecule has 2 rings (SSSR count). The summed E-state index contributed by atoms with van der Waals surface area (Å²) < 4.78 is 20.6. The van der Waals surface area contributed by atoms with E-state index in [2.05, 4.69) is 5.32 Å². The molecule has 0 radical (unpaired) electrons. The first-order valence-corrected chi connectivity index (χ1v) is 4.06. The number of fused-ring (bicyclic) bond motifs is 1. The van der Waals surface area contributed by atoms with Gasteiger partial charge >= 0.3 is 0 Å². The minimum absolute atomic E-state index is 0.674. The van der Waals surface area contributed by atoms with Crippen molar-refractivity contribution in [2.45, 2.75) is 12.9 Å². The van der Waals surface area contributed by atoms with Crippen molar-refractivity contribution in [3.63, 3.8) is 0 Å². The molecular weight excluding hydrogens is 150 g/mol. The van der Waals surface area contributed by atoms with Crippen molar-refractivity contribution in [3.05, 3.63) is 29.3 Å². The van der Waals surface area contributed by atoms with Gasteiger partial charge in [-0.05, 0) is 36.2 Å². The maximum atomic E-state index is 7.75. The van der Waals surface area contributed by atoms with Crippen LogP contribution in [0.5, 0.6) is 5.75 Å². The number of hydrogen-bond donors (Lipinski definition) is 1. The summed E-state index contributed by atoms with van der Waals surface area (Å²) in [5.41, 5.74) is 1.76. The highest BCUT2D eigenvalue weighted by atomic mass is 16.5. The van der Waals surface area contributed by atoms with Crippen LogP contribution in [0.1, 0.15) is 13.9 Å². The lowest BCUT2D eigenvalue weighted by atomic mass is 10.0. The fourth-order valence-electron chi connectivity index (χ4n) is 1.38. The average Bonchev–Trinajstić information content (AvgIpc) is 2.16. The normalized spacial score (nSPS) is 22.1. The van der Waals surface area contributed by atoms with Crippen LogP contribution in [0.2, 0.25) is 0 Å². The van der Waals surface area contributed by atoms with Crippen molar-refractivity contribution < 1.29 is 7.48 Å². The first-order valence-electron chi connectivity index (χ1n) is 5.06. The lowest BCUT2D eigenvalue weighted by Crippen LogP contribution is -2.23. The third kappa shape index (κ3) is 1.30. The Morgan fingerprint density at radius 1 is 1.50 bits per heavy atom. The minimum atomic E-state index is -1.40. The Balaban J connectivity index is 2.46. The van der Waals surface area contributed by atoms with E-state index in [4.69, 9.17) is 7.48 Å². The van der Waals surface area contributed by atoms with Gasteiger partial charge in [-0.15, -0.1) is 0 Å². The Hall–Kier alpha value is -1.02. The van der Waals surface area contributed by atoms with Gasteiger partial charge in [-0.3, -0.25) is 0 Å². The first kappa shape index (κ1) is 5.60. The van der Waals surface area contributed by atoms with Gasteiger partial charge in [0.25, 0.3) is 0 Å². The average molecular weight is 165 g/mol. The van der Waals surface area contributed by atoms with Gasteiger partial charge in [0.05, 0.1) is 7.11 Å². The van der Waals surface area contributed by atoms with E-state index in [1.165, 1.54) is 0 Å². The topological polar surface area (TPSA) is 21.3 Å². The van der Waals surface area contributed by atoms with Crippen LogP contribution >= 0.6 is 0 Å². The van der Waals surface area contributed by atoms with E-state index < -0.39 is 6.50 Å². The molecule has 0 amide bonds. The van der Waals surface area contributed by atoms with Crippen LogP contribution in [0.25, 0.3) is 0 Å². The number of hydrogen-bond acceptors (Lipinski definition) is 2. The molecule has 2 heteroatoms. The highest BCUT2D eigenvalue weighted by Crippen LogP contribution is 2.19. The Labute approximate surface area is 75.4 Å². The zero-order valence-corrected chi connectivity index (χ0v) is 7.05. The van der Waals surface area contributed by atoms with Gasteiger partial charge in [-0.1, -0.05) is 6.07 Å². The molecule has 0 bridgehead atoms. The summed E-state index contributed by atoms with van der Waals surface area (Å²) in [4.78, 5) is 0. The minimum Gasteiger partial charge on any atom is -0.497 e. The molecule has 0 fully saturated rings. The largest absolute Gasteiger partial charge is 0.497 e. The van der Waals surface area contributed by atoms with E-state index in [-0.39, 0.29) is 0 Å². The van der Waals surface area contributed by atoms with Gasteiger partial charge in [0, 0.05) is 9.24 Å². The molecule has 0 unspecified atom stereocenters. The number of rotatable bonds is 1. The highest BCUT2D eigenvalue weighted by Gasteiger charge is 2.08. The standard InChI is InChI=1S/C10H13NO/c1-12-10-3-2-9-7-11-5-4-8(9)6-10/h2-3,6,11H,4-5,7H2,1H3/i7D2. The second-order valence-corrected chi connectivity index (χ2v) is 2.82. The Morgan fingerprint density at radius 3 is 3.25 bits per heavy atom. The second-order valence-electron chi connectivity index (χ2n) is 2.82. The number of methoxy groups -OCH3 is 1. The van der Waals surface area contributed by atoms with Crippen molar-refractivity contribution in [1.29, 1.82) is 0 Å². The van der Waals surface area contributed by atoms with Gasteiger partial charge in [0.2, 0.25) is 0 Å². The lowest BCUT2D eigenvalue weighted by molar-refractivity contribution is 0.413. The summed E-state index contributed by atoms with van der Waals surface area (Å²) in [6.45, 7) is -0.729. The summed E-state index contributed by atoms with van der Waals surface area (Å²) in [5, 5.41) is 2.84.